The largest absolute Gasteiger partial charge is 0.241 e. The van der Waals surface area contributed by atoms with Crippen molar-refractivity contribution in [1.29, 1.82) is 0 Å². The number of hydrogen-bond acceptors (Lipinski definition) is 2. The first-order valence-corrected chi connectivity index (χ1v) is 6.60. The number of benzene rings is 1. The van der Waals surface area contributed by atoms with Crippen LogP contribution >= 0.6 is 0 Å². The average molecular weight is 225 g/mol. The molecule has 0 amide bonds. The molecule has 0 fully saturated rings. The molecule has 0 unspecified atom stereocenters. The van der Waals surface area contributed by atoms with E-state index in [-0.39, 0.29) is 6.04 Å². The number of hydrogen-bond donors (Lipinski definition) is 1. The fourth-order valence-electron chi connectivity index (χ4n) is 1.97. The third-order valence-electron chi connectivity index (χ3n) is 2.59. The molecule has 1 heterocycles. The van der Waals surface area contributed by atoms with E-state index >= 15 is 0 Å². The summed E-state index contributed by atoms with van der Waals surface area (Å²) in [6, 6.07) is 7.15. The van der Waals surface area contributed by atoms with Crippen LogP contribution in [0.4, 0.5) is 0 Å². The van der Waals surface area contributed by atoms with Gasteiger partial charge in [-0.05, 0) is 24.0 Å². The van der Waals surface area contributed by atoms with Crippen LogP contribution in [0.25, 0.3) is 0 Å². The van der Waals surface area contributed by atoms with Gasteiger partial charge in [-0.15, -0.1) is 0 Å². The van der Waals surface area contributed by atoms with E-state index in [9.17, 15) is 8.42 Å². The summed E-state index contributed by atoms with van der Waals surface area (Å²) < 4.78 is 26.2. The Morgan fingerprint density at radius 3 is 2.67 bits per heavy atom. The van der Waals surface area contributed by atoms with Crippen molar-refractivity contribution in [3.05, 3.63) is 29.8 Å². The van der Waals surface area contributed by atoms with Crippen molar-refractivity contribution in [2.45, 2.75) is 31.2 Å². The highest BCUT2D eigenvalue weighted by Gasteiger charge is 2.33. The van der Waals surface area contributed by atoms with Crippen LogP contribution < -0.4 is 4.72 Å². The van der Waals surface area contributed by atoms with Crippen LogP contribution in [-0.4, -0.2) is 8.42 Å². The molecule has 0 spiro atoms. The summed E-state index contributed by atoms with van der Waals surface area (Å²) in [7, 11) is -3.25. The van der Waals surface area contributed by atoms with E-state index in [2.05, 4.69) is 18.6 Å². The maximum absolute atomic E-state index is 11.7. The second-order valence-electron chi connectivity index (χ2n) is 4.34. The molecule has 1 atom stereocenters. The Labute approximate surface area is 90.6 Å². The number of rotatable bonds is 2. The molecule has 0 radical (unpaired) electrons. The van der Waals surface area contributed by atoms with Crippen LogP contribution in [0, 0.1) is 5.92 Å². The Kier molecular flexibility index (Phi) is 2.56. The molecule has 1 N–H and O–H groups in total. The van der Waals surface area contributed by atoms with E-state index in [0.29, 0.717) is 10.8 Å². The maximum Gasteiger partial charge on any atom is 0.241 e. The zero-order chi connectivity index (χ0) is 11.1. The fourth-order valence-corrected chi connectivity index (χ4v) is 3.48. The van der Waals surface area contributed by atoms with Gasteiger partial charge in [0.25, 0.3) is 0 Å². The van der Waals surface area contributed by atoms with Crippen molar-refractivity contribution in [3.63, 3.8) is 0 Å². The zero-order valence-corrected chi connectivity index (χ0v) is 9.71. The summed E-state index contributed by atoms with van der Waals surface area (Å²) in [5.74, 6) is 0.476. The standard InChI is InChI=1S/C11H15NO2S/c1-8(2)7-10-9-5-3-4-6-11(9)15(13,14)12-10/h3-6,8,10,12H,7H2,1-2H3/t10-/m0/s1. The van der Waals surface area contributed by atoms with E-state index in [1.807, 2.05) is 12.1 Å². The molecule has 2 rings (SSSR count). The second kappa shape index (κ2) is 3.61. The average Bonchev–Trinajstić information content (AvgIpc) is 2.39. The molecule has 1 aliphatic heterocycles. The predicted octanol–water partition coefficient (Wildman–Crippen LogP) is 2.07. The van der Waals surface area contributed by atoms with E-state index < -0.39 is 10.0 Å². The normalized spacial score (nSPS) is 23.0. The summed E-state index contributed by atoms with van der Waals surface area (Å²) in [5, 5.41) is 0. The number of fused-ring (bicyclic) bond motifs is 1. The predicted molar refractivity (Wildman–Crippen MR) is 59.0 cm³/mol. The summed E-state index contributed by atoms with van der Waals surface area (Å²) >= 11 is 0. The summed E-state index contributed by atoms with van der Waals surface area (Å²) in [6.45, 7) is 4.18. The first-order chi connectivity index (χ1) is 7.00. The highest BCUT2D eigenvalue weighted by molar-refractivity contribution is 7.89. The quantitative estimate of drug-likeness (QED) is 0.837. The summed E-state index contributed by atoms with van der Waals surface area (Å²) in [4.78, 5) is 0.440. The molecule has 1 aliphatic rings. The Bertz CT molecular complexity index is 465. The molecule has 0 saturated carbocycles. The van der Waals surface area contributed by atoms with E-state index in [0.717, 1.165) is 12.0 Å². The first-order valence-electron chi connectivity index (χ1n) is 5.12. The molecule has 1 aromatic rings. The Hall–Kier alpha value is -0.870. The lowest BCUT2D eigenvalue weighted by Gasteiger charge is -2.12. The van der Waals surface area contributed by atoms with Gasteiger partial charge in [0.15, 0.2) is 0 Å². The molecule has 3 nitrogen and oxygen atoms in total. The Balaban J connectivity index is 2.43. The SMILES string of the molecule is CC(C)C[C@@H]1NS(=O)(=O)c2ccccc21. The van der Waals surface area contributed by atoms with Gasteiger partial charge in [-0.25, -0.2) is 13.1 Å². The lowest BCUT2D eigenvalue weighted by molar-refractivity contribution is 0.484. The molecular formula is C11H15NO2S. The van der Waals surface area contributed by atoms with Crippen LogP contribution in [-0.2, 0) is 10.0 Å². The lowest BCUT2D eigenvalue weighted by Crippen LogP contribution is -2.20. The smallest absolute Gasteiger partial charge is 0.207 e. The van der Waals surface area contributed by atoms with Gasteiger partial charge in [-0.2, -0.15) is 0 Å². The molecule has 4 heteroatoms. The molecule has 82 valence electrons. The fraction of sp³-hybridized carbons (Fsp3) is 0.455. The highest BCUT2D eigenvalue weighted by atomic mass is 32.2. The minimum absolute atomic E-state index is 0.0498. The van der Waals surface area contributed by atoms with E-state index in [1.54, 1.807) is 12.1 Å². The van der Waals surface area contributed by atoms with Gasteiger partial charge in [0.05, 0.1) is 4.90 Å². The van der Waals surface area contributed by atoms with Crippen molar-refractivity contribution in [3.8, 4) is 0 Å². The minimum Gasteiger partial charge on any atom is -0.207 e. The Morgan fingerprint density at radius 2 is 2.00 bits per heavy atom. The van der Waals surface area contributed by atoms with Crippen molar-refractivity contribution >= 4 is 10.0 Å². The number of nitrogens with one attached hydrogen (secondary N) is 1. The van der Waals surface area contributed by atoms with Gasteiger partial charge < -0.3 is 0 Å². The monoisotopic (exact) mass is 225 g/mol. The number of sulfonamides is 1. The highest BCUT2D eigenvalue weighted by Crippen LogP contribution is 2.34. The van der Waals surface area contributed by atoms with E-state index in [4.69, 9.17) is 0 Å². The van der Waals surface area contributed by atoms with E-state index in [1.165, 1.54) is 0 Å². The third-order valence-corrected chi connectivity index (χ3v) is 4.13. The first kappa shape index (κ1) is 10.6. The van der Waals surface area contributed by atoms with Gasteiger partial charge in [-0.1, -0.05) is 32.0 Å². The minimum atomic E-state index is -3.25. The molecule has 0 bridgehead atoms. The van der Waals surface area contributed by atoms with Crippen molar-refractivity contribution in [1.82, 2.24) is 4.72 Å². The van der Waals surface area contributed by atoms with Crippen LogP contribution in [0.2, 0.25) is 0 Å². The molecule has 0 saturated heterocycles. The molecule has 0 aliphatic carbocycles. The van der Waals surface area contributed by atoms with Crippen molar-refractivity contribution in [2.24, 2.45) is 5.92 Å². The van der Waals surface area contributed by atoms with Crippen molar-refractivity contribution < 1.29 is 8.42 Å². The van der Waals surface area contributed by atoms with Crippen LogP contribution in [0.1, 0.15) is 31.9 Å². The van der Waals surface area contributed by atoms with Gasteiger partial charge in [0.1, 0.15) is 0 Å². The maximum atomic E-state index is 11.7. The molecule has 1 aromatic carbocycles. The summed E-state index contributed by atoms with van der Waals surface area (Å²) in [5.41, 5.74) is 0.909. The molecular weight excluding hydrogens is 210 g/mol. The Morgan fingerprint density at radius 1 is 1.33 bits per heavy atom. The van der Waals surface area contributed by atoms with Crippen LogP contribution in [0.15, 0.2) is 29.2 Å². The third kappa shape index (κ3) is 1.92. The zero-order valence-electron chi connectivity index (χ0n) is 8.90. The van der Waals surface area contributed by atoms with Crippen LogP contribution in [0.3, 0.4) is 0 Å². The van der Waals surface area contributed by atoms with Gasteiger partial charge in [-0.3, -0.25) is 0 Å². The molecule has 15 heavy (non-hydrogen) atoms. The molecule has 0 aromatic heterocycles. The van der Waals surface area contributed by atoms with Gasteiger partial charge >= 0.3 is 0 Å². The topological polar surface area (TPSA) is 46.2 Å². The van der Waals surface area contributed by atoms with Crippen LogP contribution in [0.5, 0.6) is 0 Å². The van der Waals surface area contributed by atoms with Gasteiger partial charge in [0.2, 0.25) is 10.0 Å². The van der Waals surface area contributed by atoms with Gasteiger partial charge in [0, 0.05) is 6.04 Å². The summed E-state index contributed by atoms with van der Waals surface area (Å²) in [6.07, 6.45) is 0.843. The second-order valence-corrected chi connectivity index (χ2v) is 6.02. The lowest BCUT2D eigenvalue weighted by atomic mass is 9.98. The van der Waals surface area contributed by atoms with Crippen molar-refractivity contribution in [2.75, 3.05) is 0 Å².